The topological polar surface area (TPSA) is 77.6 Å². The van der Waals surface area contributed by atoms with E-state index in [4.69, 9.17) is 0 Å². The SMILES string of the molecule is Cc1nn(C)c2ncc(NC(=O)c3ccc(-n4cccn4)cc3)cc12. The summed E-state index contributed by atoms with van der Waals surface area (Å²) < 4.78 is 3.47. The van der Waals surface area contributed by atoms with E-state index < -0.39 is 0 Å². The van der Waals surface area contributed by atoms with E-state index in [0.717, 1.165) is 22.4 Å². The van der Waals surface area contributed by atoms with Crippen LogP contribution in [0.1, 0.15) is 16.1 Å². The molecule has 7 nitrogen and oxygen atoms in total. The van der Waals surface area contributed by atoms with Crippen molar-refractivity contribution >= 4 is 22.6 Å². The van der Waals surface area contributed by atoms with Gasteiger partial charge in [0.2, 0.25) is 0 Å². The summed E-state index contributed by atoms with van der Waals surface area (Å²) in [6.07, 6.45) is 5.20. The highest BCUT2D eigenvalue weighted by atomic mass is 16.1. The molecule has 0 saturated heterocycles. The number of hydrogen-bond acceptors (Lipinski definition) is 4. The number of nitrogens with one attached hydrogen (secondary N) is 1. The Kier molecular flexibility index (Phi) is 3.53. The zero-order valence-electron chi connectivity index (χ0n) is 13.8. The summed E-state index contributed by atoms with van der Waals surface area (Å²) in [6.45, 7) is 1.92. The monoisotopic (exact) mass is 332 g/mol. The number of benzene rings is 1. The first-order valence-corrected chi connectivity index (χ1v) is 7.82. The Labute approximate surface area is 143 Å². The van der Waals surface area contributed by atoms with Crippen LogP contribution >= 0.6 is 0 Å². The molecule has 4 aromatic rings. The van der Waals surface area contributed by atoms with Crippen molar-refractivity contribution in [2.75, 3.05) is 5.32 Å². The summed E-state index contributed by atoms with van der Waals surface area (Å²) in [5.74, 6) is -0.185. The molecule has 0 saturated carbocycles. The molecule has 1 N–H and O–H groups in total. The van der Waals surface area contributed by atoms with E-state index >= 15 is 0 Å². The minimum atomic E-state index is -0.185. The van der Waals surface area contributed by atoms with Crippen molar-refractivity contribution in [3.8, 4) is 5.69 Å². The van der Waals surface area contributed by atoms with Crippen LogP contribution in [0.3, 0.4) is 0 Å². The summed E-state index contributed by atoms with van der Waals surface area (Å²) in [6, 6.07) is 11.0. The van der Waals surface area contributed by atoms with Crippen molar-refractivity contribution in [1.82, 2.24) is 24.5 Å². The second-order valence-electron chi connectivity index (χ2n) is 5.76. The smallest absolute Gasteiger partial charge is 0.255 e. The molecule has 0 bridgehead atoms. The van der Waals surface area contributed by atoms with Crippen LogP contribution in [0.5, 0.6) is 0 Å². The van der Waals surface area contributed by atoms with Gasteiger partial charge in [-0.15, -0.1) is 0 Å². The summed E-state index contributed by atoms with van der Waals surface area (Å²) in [5, 5.41) is 12.3. The van der Waals surface area contributed by atoms with Gasteiger partial charge in [-0.3, -0.25) is 9.48 Å². The van der Waals surface area contributed by atoms with Crippen molar-refractivity contribution in [3.63, 3.8) is 0 Å². The number of aromatic nitrogens is 5. The van der Waals surface area contributed by atoms with Gasteiger partial charge in [0.1, 0.15) is 0 Å². The van der Waals surface area contributed by atoms with Crippen LogP contribution in [0.2, 0.25) is 0 Å². The zero-order chi connectivity index (χ0) is 17.4. The molecule has 3 aromatic heterocycles. The molecule has 1 amide bonds. The molecule has 0 unspecified atom stereocenters. The van der Waals surface area contributed by atoms with Crippen LogP contribution in [-0.4, -0.2) is 30.5 Å². The molecular formula is C18H16N6O. The lowest BCUT2D eigenvalue weighted by Crippen LogP contribution is -2.12. The van der Waals surface area contributed by atoms with Crippen molar-refractivity contribution < 1.29 is 4.79 Å². The molecule has 1 aromatic carbocycles. The third-order valence-corrected chi connectivity index (χ3v) is 4.02. The Morgan fingerprint density at radius 3 is 2.72 bits per heavy atom. The minimum Gasteiger partial charge on any atom is -0.321 e. The van der Waals surface area contributed by atoms with E-state index in [9.17, 15) is 4.79 Å². The summed E-state index contributed by atoms with van der Waals surface area (Å²) >= 11 is 0. The van der Waals surface area contributed by atoms with Gasteiger partial charge in [0, 0.05) is 30.4 Å². The molecule has 0 aliphatic carbocycles. The van der Waals surface area contributed by atoms with E-state index in [-0.39, 0.29) is 5.91 Å². The van der Waals surface area contributed by atoms with E-state index in [1.807, 2.05) is 44.4 Å². The van der Waals surface area contributed by atoms with Crippen molar-refractivity contribution in [2.45, 2.75) is 6.92 Å². The predicted molar refractivity (Wildman–Crippen MR) is 94.8 cm³/mol. The Bertz CT molecular complexity index is 1050. The quantitative estimate of drug-likeness (QED) is 0.626. The Hall–Kier alpha value is -3.48. The Morgan fingerprint density at radius 1 is 1.20 bits per heavy atom. The lowest BCUT2D eigenvalue weighted by Gasteiger charge is -2.07. The van der Waals surface area contributed by atoms with Gasteiger partial charge in [0.05, 0.1) is 23.3 Å². The van der Waals surface area contributed by atoms with Crippen LogP contribution in [0.25, 0.3) is 16.7 Å². The zero-order valence-corrected chi connectivity index (χ0v) is 13.8. The highest BCUT2D eigenvalue weighted by molar-refractivity contribution is 6.05. The lowest BCUT2D eigenvalue weighted by atomic mass is 10.2. The maximum atomic E-state index is 12.5. The maximum Gasteiger partial charge on any atom is 0.255 e. The summed E-state index contributed by atoms with van der Waals surface area (Å²) in [5.41, 5.74) is 3.78. The molecule has 3 heterocycles. The van der Waals surface area contributed by atoms with Gasteiger partial charge >= 0.3 is 0 Å². The average molecular weight is 332 g/mol. The van der Waals surface area contributed by atoms with Crippen LogP contribution in [-0.2, 0) is 7.05 Å². The van der Waals surface area contributed by atoms with Gasteiger partial charge in [0.15, 0.2) is 5.65 Å². The number of fused-ring (bicyclic) bond motifs is 1. The molecule has 0 spiro atoms. The number of carbonyl (C=O) groups is 1. The van der Waals surface area contributed by atoms with Crippen LogP contribution < -0.4 is 5.32 Å². The molecule has 25 heavy (non-hydrogen) atoms. The molecule has 7 heteroatoms. The second-order valence-corrected chi connectivity index (χ2v) is 5.76. The molecule has 0 atom stereocenters. The molecular weight excluding hydrogens is 316 g/mol. The number of nitrogens with zero attached hydrogens (tertiary/aromatic N) is 5. The van der Waals surface area contributed by atoms with Gasteiger partial charge in [-0.2, -0.15) is 10.2 Å². The largest absolute Gasteiger partial charge is 0.321 e. The predicted octanol–water partition coefficient (Wildman–Crippen LogP) is 2.71. The molecule has 0 aliphatic rings. The summed E-state index contributed by atoms with van der Waals surface area (Å²) in [4.78, 5) is 16.8. The maximum absolute atomic E-state index is 12.5. The minimum absolute atomic E-state index is 0.185. The Balaban J connectivity index is 1.56. The number of aryl methyl sites for hydroxylation is 2. The van der Waals surface area contributed by atoms with Crippen molar-refractivity contribution in [2.24, 2.45) is 7.05 Å². The van der Waals surface area contributed by atoms with Gasteiger partial charge in [-0.1, -0.05) is 0 Å². The first-order valence-electron chi connectivity index (χ1n) is 7.82. The second kappa shape index (κ2) is 5.86. The van der Waals surface area contributed by atoms with Crippen LogP contribution in [0.15, 0.2) is 55.0 Å². The molecule has 0 aliphatic heterocycles. The number of hydrogen-bond donors (Lipinski definition) is 1. The molecule has 0 fully saturated rings. The number of amides is 1. The molecule has 124 valence electrons. The van der Waals surface area contributed by atoms with Crippen molar-refractivity contribution in [1.29, 1.82) is 0 Å². The standard InChI is InChI=1S/C18H16N6O/c1-12-16-10-14(11-19-17(16)23(2)22-12)21-18(25)13-4-6-15(7-5-13)24-9-3-8-20-24/h3-11H,1-2H3,(H,21,25). The van der Waals surface area contributed by atoms with Crippen LogP contribution in [0, 0.1) is 6.92 Å². The van der Waals surface area contributed by atoms with Gasteiger partial charge in [0.25, 0.3) is 5.91 Å². The molecule has 0 radical (unpaired) electrons. The highest BCUT2D eigenvalue weighted by Crippen LogP contribution is 2.20. The summed E-state index contributed by atoms with van der Waals surface area (Å²) in [7, 11) is 1.85. The number of anilines is 1. The van der Waals surface area contributed by atoms with E-state index in [0.29, 0.717) is 11.3 Å². The third-order valence-electron chi connectivity index (χ3n) is 4.02. The van der Waals surface area contributed by atoms with Crippen molar-refractivity contribution in [3.05, 3.63) is 66.2 Å². The van der Waals surface area contributed by atoms with E-state index in [1.165, 1.54) is 0 Å². The first-order chi connectivity index (χ1) is 12.1. The van der Waals surface area contributed by atoms with Gasteiger partial charge in [-0.25, -0.2) is 9.67 Å². The first kappa shape index (κ1) is 15.1. The van der Waals surface area contributed by atoms with Gasteiger partial charge < -0.3 is 5.32 Å². The van der Waals surface area contributed by atoms with E-state index in [2.05, 4.69) is 20.5 Å². The number of rotatable bonds is 3. The third kappa shape index (κ3) is 2.76. The molecule has 4 rings (SSSR count). The Morgan fingerprint density at radius 2 is 2.00 bits per heavy atom. The van der Waals surface area contributed by atoms with Crippen LogP contribution in [0.4, 0.5) is 5.69 Å². The average Bonchev–Trinajstić information content (AvgIpc) is 3.24. The fourth-order valence-corrected chi connectivity index (χ4v) is 2.77. The lowest BCUT2D eigenvalue weighted by molar-refractivity contribution is 0.102. The highest BCUT2D eigenvalue weighted by Gasteiger charge is 2.10. The van der Waals surface area contributed by atoms with Gasteiger partial charge in [-0.05, 0) is 43.3 Å². The number of pyridine rings is 1. The number of carbonyl (C=O) groups excluding carboxylic acids is 1. The van der Waals surface area contributed by atoms with E-state index in [1.54, 1.807) is 33.9 Å². The fourth-order valence-electron chi connectivity index (χ4n) is 2.77. The fraction of sp³-hybridized carbons (Fsp3) is 0.111. The normalized spacial score (nSPS) is 11.0.